The van der Waals surface area contributed by atoms with Crippen LogP contribution in [0, 0.1) is 0 Å². The number of carbonyl (C=O) groups is 2. The molecule has 0 saturated carbocycles. The molecule has 3 rings (SSSR count). The van der Waals surface area contributed by atoms with Gasteiger partial charge >= 0.3 is 11.9 Å². The molecule has 0 bridgehead atoms. The zero-order chi connectivity index (χ0) is 29.4. The van der Waals surface area contributed by atoms with Gasteiger partial charge in [0, 0.05) is 30.9 Å². The molecular formula is C29H37ClNO9+. The fourth-order valence-electron chi connectivity index (χ4n) is 5.23. The van der Waals surface area contributed by atoms with Gasteiger partial charge in [-0.1, -0.05) is 11.6 Å². The second-order valence-electron chi connectivity index (χ2n) is 9.66. The number of halogens is 1. The van der Waals surface area contributed by atoms with Crippen LogP contribution in [-0.4, -0.2) is 83.8 Å². The van der Waals surface area contributed by atoms with E-state index in [-0.39, 0.29) is 12.6 Å². The van der Waals surface area contributed by atoms with Crippen molar-refractivity contribution in [2.45, 2.75) is 25.3 Å². The van der Waals surface area contributed by atoms with Crippen molar-refractivity contribution in [3.63, 3.8) is 0 Å². The molecule has 2 aromatic carbocycles. The average Bonchev–Trinajstić information content (AvgIpc) is 2.95. The Morgan fingerprint density at radius 2 is 1.55 bits per heavy atom. The molecule has 0 radical (unpaired) electrons. The van der Waals surface area contributed by atoms with Crippen LogP contribution >= 0.6 is 11.6 Å². The number of nitrogens with zero attached hydrogens (tertiary/aromatic N) is 1. The molecule has 0 aliphatic carbocycles. The van der Waals surface area contributed by atoms with E-state index in [9.17, 15) is 9.59 Å². The molecule has 0 amide bonds. The Labute approximate surface area is 239 Å². The van der Waals surface area contributed by atoms with Crippen LogP contribution < -0.4 is 23.7 Å². The molecule has 0 fully saturated rings. The van der Waals surface area contributed by atoms with Crippen molar-refractivity contribution in [2.75, 3.05) is 62.3 Å². The number of likely N-dealkylation sites (N-methyl/N-ethyl adjacent to an activating group) is 1. The molecule has 2 aromatic rings. The molecular weight excluding hydrogens is 542 g/mol. The van der Waals surface area contributed by atoms with Gasteiger partial charge in [0.05, 0.1) is 62.3 Å². The number of ether oxygens (including phenoxy) is 6. The monoisotopic (exact) mass is 578 g/mol. The molecule has 10 nitrogen and oxygen atoms in total. The number of quaternary nitrogens is 1. The Morgan fingerprint density at radius 3 is 2.10 bits per heavy atom. The van der Waals surface area contributed by atoms with Gasteiger partial charge in [0.25, 0.3) is 0 Å². The van der Waals surface area contributed by atoms with E-state index in [1.165, 1.54) is 5.56 Å². The molecule has 2 atom stereocenters. The van der Waals surface area contributed by atoms with Crippen molar-refractivity contribution in [1.82, 2.24) is 0 Å². The van der Waals surface area contributed by atoms with Crippen molar-refractivity contribution in [3.8, 4) is 28.7 Å². The van der Waals surface area contributed by atoms with Crippen LogP contribution in [0.15, 0.2) is 35.4 Å². The van der Waals surface area contributed by atoms with Gasteiger partial charge in [-0.3, -0.25) is 0 Å². The van der Waals surface area contributed by atoms with E-state index in [4.69, 9.17) is 45.1 Å². The highest BCUT2D eigenvalue weighted by atomic mass is 35.5. The summed E-state index contributed by atoms with van der Waals surface area (Å²) in [6.45, 7) is 1.63. The first-order chi connectivity index (χ1) is 19.1. The number of rotatable bonds is 13. The van der Waals surface area contributed by atoms with Crippen LogP contribution in [0.3, 0.4) is 0 Å². The summed E-state index contributed by atoms with van der Waals surface area (Å²) in [6.07, 6.45) is 2.65. The van der Waals surface area contributed by atoms with E-state index in [2.05, 4.69) is 7.05 Å². The summed E-state index contributed by atoms with van der Waals surface area (Å²) in [5.41, 5.74) is 3.33. The van der Waals surface area contributed by atoms with E-state index in [1.807, 2.05) is 24.3 Å². The Kier molecular flexibility index (Phi) is 10.5. The smallest absolute Gasteiger partial charge is 0.350 e. The van der Waals surface area contributed by atoms with E-state index in [0.717, 1.165) is 24.1 Å². The summed E-state index contributed by atoms with van der Waals surface area (Å²) in [5.74, 6) is 0.842. The number of carboxylic acids is 1. The summed E-state index contributed by atoms with van der Waals surface area (Å²) in [6, 6.07) is 8.01. The number of benzene rings is 2. The predicted molar refractivity (Wildman–Crippen MR) is 149 cm³/mol. The minimum Gasteiger partial charge on any atom is -0.493 e. The zero-order valence-corrected chi connectivity index (χ0v) is 24.5. The number of esters is 1. The summed E-state index contributed by atoms with van der Waals surface area (Å²) < 4.78 is 33.8. The molecule has 0 spiro atoms. The minimum atomic E-state index is -1.31. The third kappa shape index (κ3) is 6.92. The quantitative estimate of drug-likeness (QED) is 0.162. The lowest BCUT2D eigenvalue weighted by molar-refractivity contribution is -0.941. The minimum absolute atomic E-state index is 0.0116. The zero-order valence-electron chi connectivity index (χ0n) is 23.7. The summed E-state index contributed by atoms with van der Waals surface area (Å²) in [7, 11) is 10.2. The topological polar surface area (TPSA) is 110 Å². The fourth-order valence-corrected chi connectivity index (χ4v) is 5.38. The highest BCUT2D eigenvalue weighted by Gasteiger charge is 2.40. The number of methoxy groups -OCH3 is 5. The average molecular weight is 579 g/mol. The van der Waals surface area contributed by atoms with Gasteiger partial charge in [0.15, 0.2) is 23.0 Å². The fraction of sp³-hybridized carbons (Fsp3) is 0.448. The third-order valence-electron chi connectivity index (χ3n) is 7.29. The molecule has 218 valence electrons. The van der Waals surface area contributed by atoms with Gasteiger partial charge in [-0.2, -0.15) is 0 Å². The standard InChI is InChI=1S/C29H36ClNO9/c1-31(9-7-11-40-29(34)21(30)17-27(32)33)10-8-19-15-23(35-2)24(36-3)16-20(19)22(31)12-18-13-25(37-4)28(39-6)26(14-18)38-5/h13-17,22H,7-12H2,1-6H3/p+1/b21-17-/t22-,31-/m0/s1. The Morgan fingerprint density at radius 1 is 0.950 bits per heavy atom. The normalized spacial score (nSPS) is 18.4. The van der Waals surface area contributed by atoms with Crippen LogP contribution in [0.5, 0.6) is 28.7 Å². The first kappa shape index (κ1) is 30.9. The van der Waals surface area contributed by atoms with Gasteiger partial charge < -0.3 is 38.0 Å². The lowest BCUT2D eigenvalue weighted by Crippen LogP contribution is -2.52. The molecule has 1 aliphatic heterocycles. The maximum absolute atomic E-state index is 12.0. The van der Waals surface area contributed by atoms with E-state index >= 15 is 0 Å². The molecule has 0 unspecified atom stereocenters. The molecule has 1 heterocycles. The van der Waals surface area contributed by atoms with Crippen LogP contribution in [-0.2, 0) is 27.2 Å². The molecule has 11 heteroatoms. The van der Waals surface area contributed by atoms with Crippen molar-refractivity contribution in [3.05, 3.63) is 52.1 Å². The van der Waals surface area contributed by atoms with E-state index in [1.54, 1.807) is 35.5 Å². The maximum Gasteiger partial charge on any atom is 0.350 e. The van der Waals surface area contributed by atoms with Gasteiger partial charge in [0.1, 0.15) is 11.1 Å². The van der Waals surface area contributed by atoms with E-state index in [0.29, 0.717) is 58.7 Å². The predicted octanol–water partition coefficient (Wildman–Crippen LogP) is 4.16. The number of hydrogen-bond acceptors (Lipinski definition) is 8. The molecule has 40 heavy (non-hydrogen) atoms. The summed E-state index contributed by atoms with van der Waals surface area (Å²) >= 11 is 5.73. The highest BCUT2D eigenvalue weighted by molar-refractivity contribution is 6.42. The SMILES string of the molecule is COc1cc2c(cc1OC)[C@H](Cc1cc(OC)c(OC)c(OC)c1)[N@@+](C)(CCCOC(=O)/C(Cl)=C/C(=O)O)CC2. The Balaban J connectivity index is 1.94. The van der Waals surface area contributed by atoms with Crippen LogP contribution in [0.25, 0.3) is 0 Å². The molecule has 1 aliphatic rings. The van der Waals surface area contributed by atoms with Crippen molar-refractivity contribution in [2.24, 2.45) is 0 Å². The maximum atomic E-state index is 12.0. The van der Waals surface area contributed by atoms with Crippen molar-refractivity contribution >= 4 is 23.5 Å². The molecule has 0 saturated heterocycles. The second kappa shape index (κ2) is 13.6. The number of hydrogen-bond donors (Lipinski definition) is 1. The molecule has 0 aromatic heterocycles. The van der Waals surface area contributed by atoms with Gasteiger partial charge in [-0.05, 0) is 35.4 Å². The van der Waals surface area contributed by atoms with Crippen molar-refractivity contribution in [1.29, 1.82) is 0 Å². The van der Waals surface area contributed by atoms with Gasteiger partial charge in [0.2, 0.25) is 5.75 Å². The van der Waals surface area contributed by atoms with Crippen molar-refractivity contribution < 1.29 is 47.6 Å². The number of carbonyl (C=O) groups excluding carboxylic acids is 1. The second-order valence-corrected chi connectivity index (χ2v) is 10.1. The lowest BCUT2D eigenvalue weighted by atomic mass is 9.86. The van der Waals surface area contributed by atoms with Gasteiger partial charge in [-0.15, -0.1) is 0 Å². The number of fused-ring (bicyclic) bond motifs is 1. The number of aliphatic carboxylic acids is 1. The largest absolute Gasteiger partial charge is 0.493 e. The van der Waals surface area contributed by atoms with E-state index < -0.39 is 17.0 Å². The molecule has 1 N–H and O–H groups in total. The van der Waals surface area contributed by atoms with Crippen LogP contribution in [0.1, 0.15) is 29.2 Å². The summed E-state index contributed by atoms with van der Waals surface area (Å²) in [5, 5.41) is 8.32. The van der Waals surface area contributed by atoms with Crippen LogP contribution in [0.2, 0.25) is 0 Å². The first-order valence-electron chi connectivity index (χ1n) is 12.8. The summed E-state index contributed by atoms with van der Waals surface area (Å²) in [4.78, 5) is 22.8. The first-order valence-corrected chi connectivity index (χ1v) is 13.1. The highest BCUT2D eigenvalue weighted by Crippen LogP contribution is 2.44. The number of carboxylic acid groups (broad SMARTS) is 1. The Bertz CT molecular complexity index is 1240. The third-order valence-corrected chi connectivity index (χ3v) is 7.56. The van der Waals surface area contributed by atoms with Crippen LogP contribution in [0.4, 0.5) is 0 Å². The Hall–Kier alpha value is -3.63. The van der Waals surface area contributed by atoms with Gasteiger partial charge in [-0.25, -0.2) is 9.59 Å². The lowest BCUT2D eigenvalue weighted by Gasteiger charge is -2.46.